The third-order valence-corrected chi connectivity index (χ3v) is 2.02. The van der Waals surface area contributed by atoms with Gasteiger partial charge in [-0.25, -0.2) is 4.79 Å². The van der Waals surface area contributed by atoms with Crippen LogP contribution in [0.15, 0.2) is 11.5 Å². The minimum atomic E-state index is -0.589. The first-order valence-electron chi connectivity index (χ1n) is 6.33. The predicted molar refractivity (Wildman–Crippen MR) is 72.4 cm³/mol. The largest absolute Gasteiger partial charge is 0.513 e. The van der Waals surface area contributed by atoms with E-state index in [1.807, 2.05) is 41.5 Å². The van der Waals surface area contributed by atoms with Crippen molar-refractivity contribution in [2.75, 3.05) is 6.61 Å². The van der Waals surface area contributed by atoms with E-state index in [4.69, 9.17) is 14.2 Å². The summed E-state index contributed by atoms with van der Waals surface area (Å²) in [5, 5.41) is 0. The van der Waals surface area contributed by atoms with Gasteiger partial charge in [-0.15, -0.1) is 0 Å². The third-order valence-electron chi connectivity index (χ3n) is 1.83. The first kappa shape index (κ1) is 18.0. The molecule has 0 unspecified atom stereocenters. The Labute approximate surface area is 118 Å². The van der Waals surface area contributed by atoms with E-state index in [0.717, 1.165) is 0 Å². The molecular formula is C13H23O5Si. The number of hydrogen-bond donors (Lipinski definition) is 0. The predicted octanol–water partition coefficient (Wildman–Crippen LogP) is 2.10. The van der Waals surface area contributed by atoms with Gasteiger partial charge in [-0.1, -0.05) is 0 Å². The van der Waals surface area contributed by atoms with Crippen LogP contribution in [0.2, 0.25) is 0 Å². The Kier molecular flexibility index (Phi) is 8.50. The first-order chi connectivity index (χ1) is 8.77. The van der Waals surface area contributed by atoms with E-state index in [-0.39, 0.29) is 36.4 Å². The minimum absolute atomic E-state index is 0.0168. The van der Waals surface area contributed by atoms with Gasteiger partial charge in [-0.3, -0.25) is 0 Å². The molecule has 0 heterocycles. The zero-order valence-electron chi connectivity index (χ0n) is 12.5. The molecule has 0 spiro atoms. The fraction of sp³-hybridized carbons (Fsp3) is 0.769. The van der Waals surface area contributed by atoms with E-state index >= 15 is 0 Å². The van der Waals surface area contributed by atoms with Crippen molar-refractivity contribution in [2.45, 2.75) is 59.9 Å². The molecule has 0 aromatic carbocycles. The van der Waals surface area contributed by atoms with Gasteiger partial charge in [0, 0.05) is 0 Å². The second-order valence-electron chi connectivity index (χ2n) is 4.85. The molecule has 3 radical (unpaired) electrons. The minimum Gasteiger partial charge on any atom is -0.513 e. The molecule has 109 valence electrons. The van der Waals surface area contributed by atoms with E-state index < -0.39 is 5.97 Å². The van der Waals surface area contributed by atoms with E-state index in [2.05, 4.69) is 14.9 Å². The number of hydrogen-bond acceptors (Lipinski definition) is 5. The smallest absolute Gasteiger partial charge is 0.345 e. The monoisotopic (exact) mass is 287 g/mol. The van der Waals surface area contributed by atoms with Gasteiger partial charge < -0.3 is 18.6 Å². The van der Waals surface area contributed by atoms with Crippen molar-refractivity contribution in [1.82, 2.24) is 0 Å². The number of rotatable bonds is 8. The van der Waals surface area contributed by atoms with Gasteiger partial charge in [-0.2, -0.15) is 0 Å². The Bertz CT molecular complexity index is 298. The van der Waals surface area contributed by atoms with E-state index in [1.54, 1.807) is 0 Å². The zero-order valence-corrected chi connectivity index (χ0v) is 13.5. The summed E-state index contributed by atoms with van der Waals surface area (Å²) in [6.07, 6.45) is -0.257. The van der Waals surface area contributed by atoms with Crippen LogP contribution in [-0.4, -0.2) is 41.4 Å². The Balaban J connectivity index is 5.21. The molecule has 0 amide bonds. The van der Waals surface area contributed by atoms with Crippen LogP contribution in [0.4, 0.5) is 0 Å². The fourth-order valence-electron chi connectivity index (χ4n) is 1.11. The average Bonchev–Trinajstić information content (AvgIpc) is 2.26. The summed E-state index contributed by atoms with van der Waals surface area (Å²) in [7, 11) is 2.72. The van der Waals surface area contributed by atoms with Gasteiger partial charge >= 0.3 is 16.5 Å². The molecule has 0 aliphatic heterocycles. The number of carbonyl (C=O) groups excluding carboxylic acids is 1. The molecule has 0 fully saturated rings. The molecule has 0 saturated carbocycles. The Morgan fingerprint density at radius 1 is 0.947 bits per heavy atom. The van der Waals surface area contributed by atoms with Crippen LogP contribution in [0.1, 0.15) is 41.5 Å². The van der Waals surface area contributed by atoms with Crippen LogP contribution in [-0.2, 0) is 23.4 Å². The lowest BCUT2D eigenvalue weighted by Gasteiger charge is -2.20. The molecule has 19 heavy (non-hydrogen) atoms. The van der Waals surface area contributed by atoms with Crippen LogP contribution in [0.3, 0.4) is 0 Å². The molecule has 0 aliphatic carbocycles. The lowest BCUT2D eigenvalue weighted by atomic mass is 10.3. The topological polar surface area (TPSA) is 54.0 Å². The van der Waals surface area contributed by atoms with Crippen LogP contribution in [0, 0.1) is 0 Å². The molecule has 0 aliphatic rings. The van der Waals surface area contributed by atoms with Gasteiger partial charge in [0.05, 0.1) is 24.9 Å². The highest BCUT2D eigenvalue weighted by Gasteiger charge is 2.22. The molecule has 5 nitrogen and oxygen atoms in total. The second kappa shape index (κ2) is 8.98. The van der Waals surface area contributed by atoms with Gasteiger partial charge in [0.15, 0.2) is 0 Å². The van der Waals surface area contributed by atoms with Crippen molar-refractivity contribution < 1.29 is 23.4 Å². The quantitative estimate of drug-likeness (QED) is 0.389. The summed E-state index contributed by atoms with van der Waals surface area (Å²) in [6, 6.07) is 0. The Hall–Kier alpha value is -1.01. The Morgan fingerprint density at radius 3 is 1.74 bits per heavy atom. The molecule has 0 atom stereocenters. The van der Waals surface area contributed by atoms with E-state index in [0.29, 0.717) is 0 Å². The van der Waals surface area contributed by atoms with Crippen molar-refractivity contribution in [2.24, 2.45) is 0 Å². The lowest BCUT2D eigenvalue weighted by Crippen LogP contribution is -2.21. The summed E-state index contributed by atoms with van der Waals surface area (Å²) >= 11 is 0. The maximum atomic E-state index is 11.8. The maximum absolute atomic E-state index is 11.8. The van der Waals surface area contributed by atoms with Crippen LogP contribution in [0.5, 0.6) is 0 Å². The molecule has 0 N–H and O–H groups in total. The van der Waals surface area contributed by atoms with Gasteiger partial charge in [0.25, 0.3) is 5.95 Å². The van der Waals surface area contributed by atoms with Crippen LogP contribution >= 0.6 is 0 Å². The van der Waals surface area contributed by atoms with E-state index in [9.17, 15) is 4.79 Å². The number of ether oxygens (including phenoxy) is 3. The molecule has 0 aromatic heterocycles. The standard InChI is InChI=1S/C13H23O5Si/c1-8(2)15-7-11(12(14)18-19)13(16-9(3)4)17-10(5)6/h8-10H,7H2,1-6H3. The molecule has 6 heteroatoms. The van der Waals surface area contributed by atoms with Crippen LogP contribution in [0.25, 0.3) is 0 Å². The average molecular weight is 287 g/mol. The van der Waals surface area contributed by atoms with Crippen molar-refractivity contribution in [1.29, 1.82) is 0 Å². The molecule has 0 aromatic rings. The van der Waals surface area contributed by atoms with Gasteiger partial charge in [-0.05, 0) is 41.5 Å². The summed E-state index contributed by atoms with van der Waals surface area (Å²) in [5.74, 6) is -0.442. The lowest BCUT2D eigenvalue weighted by molar-refractivity contribution is -0.132. The normalized spacial score (nSPS) is 10.8. The van der Waals surface area contributed by atoms with Crippen molar-refractivity contribution in [3.63, 3.8) is 0 Å². The summed E-state index contributed by atoms with van der Waals surface area (Å²) in [4.78, 5) is 11.8. The third kappa shape index (κ3) is 7.89. The molecule has 0 rings (SSSR count). The summed E-state index contributed by atoms with van der Waals surface area (Å²) < 4.78 is 21.1. The van der Waals surface area contributed by atoms with Crippen molar-refractivity contribution in [3.8, 4) is 0 Å². The number of carbonyl (C=O) groups is 1. The molecule has 0 saturated heterocycles. The first-order valence-corrected chi connectivity index (χ1v) is 6.74. The summed E-state index contributed by atoms with van der Waals surface area (Å²) in [5.41, 5.74) is 0.214. The highest BCUT2D eigenvalue weighted by atomic mass is 28.2. The maximum Gasteiger partial charge on any atom is 0.345 e. The molecule has 0 bridgehead atoms. The second-order valence-corrected chi connectivity index (χ2v) is 5.05. The highest BCUT2D eigenvalue weighted by Crippen LogP contribution is 2.16. The highest BCUT2D eigenvalue weighted by molar-refractivity contribution is 6.09. The van der Waals surface area contributed by atoms with Crippen LogP contribution < -0.4 is 0 Å². The zero-order chi connectivity index (χ0) is 15.0. The molecular weight excluding hydrogens is 264 g/mol. The van der Waals surface area contributed by atoms with Crippen molar-refractivity contribution in [3.05, 3.63) is 11.5 Å². The Morgan fingerprint density at radius 2 is 1.42 bits per heavy atom. The SMILES string of the molecule is CC(C)OCC(C(=O)O[Si])=C(OC(C)C)OC(C)C. The van der Waals surface area contributed by atoms with Gasteiger partial charge in [0.1, 0.15) is 5.57 Å². The fourth-order valence-corrected chi connectivity index (χ4v) is 1.23. The van der Waals surface area contributed by atoms with E-state index in [1.165, 1.54) is 0 Å². The summed E-state index contributed by atoms with van der Waals surface area (Å²) in [6.45, 7) is 11.2. The van der Waals surface area contributed by atoms with Gasteiger partial charge in [0.2, 0.25) is 0 Å². The van der Waals surface area contributed by atoms with Crippen molar-refractivity contribution >= 4 is 16.5 Å².